The van der Waals surface area contributed by atoms with Crippen LogP contribution >= 0.6 is 45.8 Å². The molecular weight excluding hydrogens is 428 g/mol. The van der Waals surface area contributed by atoms with Gasteiger partial charge in [-0.2, -0.15) is 0 Å². The molecule has 7 heteroatoms. The molecule has 0 aromatic heterocycles. The summed E-state index contributed by atoms with van der Waals surface area (Å²) in [4.78, 5) is 23.6. The molecule has 114 valence electrons. The van der Waals surface area contributed by atoms with E-state index in [9.17, 15) is 9.59 Å². The van der Waals surface area contributed by atoms with Crippen LogP contribution in [0.2, 0.25) is 0 Å². The van der Waals surface area contributed by atoms with Crippen LogP contribution in [0.15, 0.2) is 18.2 Å². The average molecular weight is 442 g/mol. The van der Waals surface area contributed by atoms with Crippen molar-refractivity contribution in [2.75, 3.05) is 11.9 Å². The van der Waals surface area contributed by atoms with Gasteiger partial charge in [0.05, 0.1) is 0 Å². The third-order valence-electron chi connectivity index (χ3n) is 3.51. The predicted molar refractivity (Wildman–Crippen MR) is 90.6 cm³/mol. The fourth-order valence-electron chi connectivity index (χ4n) is 1.87. The van der Waals surface area contributed by atoms with E-state index in [0.29, 0.717) is 12.1 Å². The molecule has 0 aliphatic heterocycles. The number of hydrogen-bond acceptors (Lipinski definition) is 3. The number of anilines is 1. The minimum atomic E-state index is -1.09. The summed E-state index contributed by atoms with van der Waals surface area (Å²) in [7, 11) is 0. The molecular formula is C14H14Cl2INO3. The van der Waals surface area contributed by atoms with Gasteiger partial charge in [0.15, 0.2) is 6.61 Å². The molecule has 0 bridgehead atoms. The standard InChI is InChI=1S/C14H14Cl2INO3/c1-8-5-9(17)3-4-10(8)18-11(19)6-21-12(20)13(2)7-14(13,15)16/h3-5H,6-7H2,1-2H3,(H,18,19)/t13-/m0/s1. The second-order valence-corrected chi connectivity index (χ2v) is 8.03. The Bertz CT molecular complexity index is 606. The Labute approximate surface area is 146 Å². The van der Waals surface area contributed by atoms with Gasteiger partial charge in [-0.15, -0.1) is 23.2 Å². The van der Waals surface area contributed by atoms with Gasteiger partial charge < -0.3 is 10.1 Å². The first-order valence-corrected chi connectivity index (χ1v) is 8.10. The van der Waals surface area contributed by atoms with Gasteiger partial charge in [-0.3, -0.25) is 9.59 Å². The maximum absolute atomic E-state index is 11.8. The van der Waals surface area contributed by atoms with Gasteiger partial charge >= 0.3 is 5.97 Å². The van der Waals surface area contributed by atoms with Crippen molar-refractivity contribution in [3.63, 3.8) is 0 Å². The van der Waals surface area contributed by atoms with Crippen molar-refractivity contribution in [2.45, 2.75) is 24.6 Å². The van der Waals surface area contributed by atoms with Crippen molar-refractivity contribution in [2.24, 2.45) is 5.41 Å². The van der Waals surface area contributed by atoms with Crippen molar-refractivity contribution in [3.8, 4) is 0 Å². The molecule has 1 fully saturated rings. The highest BCUT2D eigenvalue weighted by Crippen LogP contribution is 2.64. The Morgan fingerprint density at radius 1 is 1.43 bits per heavy atom. The van der Waals surface area contributed by atoms with Crippen LogP contribution in [0.3, 0.4) is 0 Å². The van der Waals surface area contributed by atoms with Crippen LogP contribution in [-0.2, 0) is 14.3 Å². The Balaban J connectivity index is 1.87. The van der Waals surface area contributed by atoms with E-state index in [1.54, 1.807) is 6.92 Å². The van der Waals surface area contributed by atoms with E-state index in [-0.39, 0.29) is 6.61 Å². The molecule has 0 radical (unpaired) electrons. The molecule has 0 unspecified atom stereocenters. The van der Waals surface area contributed by atoms with E-state index >= 15 is 0 Å². The molecule has 21 heavy (non-hydrogen) atoms. The molecule has 1 saturated carbocycles. The summed E-state index contributed by atoms with van der Waals surface area (Å²) in [6.07, 6.45) is 0.333. The molecule has 0 heterocycles. The van der Waals surface area contributed by atoms with Crippen LogP contribution in [0, 0.1) is 15.9 Å². The number of nitrogens with one attached hydrogen (secondary N) is 1. The predicted octanol–water partition coefficient (Wildman–Crippen LogP) is 3.67. The molecule has 1 aliphatic rings. The van der Waals surface area contributed by atoms with Crippen LogP contribution in [0.25, 0.3) is 0 Å². The minimum Gasteiger partial charge on any atom is -0.455 e. The Hall–Kier alpha value is -0.530. The zero-order valence-corrected chi connectivity index (χ0v) is 15.2. The highest BCUT2D eigenvalue weighted by molar-refractivity contribution is 14.1. The molecule has 1 N–H and O–H groups in total. The first kappa shape index (κ1) is 16.8. The molecule has 0 spiro atoms. The third kappa shape index (κ3) is 3.63. The molecule has 1 amide bonds. The zero-order chi connectivity index (χ0) is 15.8. The Kier molecular flexibility index (Phi) is 4.75. The lowest BCUT2D eigenvalue weighted by molar-refractivity contribution is -0.152. The highest BCUT2D eigenvalue weighted by atomic mass is 127. The number of ether oxygens (including phenoxy) is 1. The van der Waals surface area contributed by atoms with Crippen LogP contribution < -0.4 is 5.32 Å². The number of benzene rings is 1. The van der Waals surface area contributed by atoms with Crippen LogP contribution in [0.5, 0.6) is 0 Å². The number of carbonyl (C=O) groups is 2. The van der Waals surface area contributed by atoms with E-state index in [0.717, 1.165) is 9.13 Å². The number of carbonyl (C=O) groups excluding carboxylic acids is 2. The smallest absolute Gasteiger partial charge is 0.315 e. The SMILES string of the molecule is Cc1cc(I)ccc1NC(=O)COC(=O)[C@]1(C)CC1(Cl)Cl. The number of aryl methyl sites for hydroxylation is 1. The molecule has 1 aromatic rings. The number of alkyl halides is 2. The van der Waals surface area contributed by atoms with Crippen LogP contribution in [0.4, 0.5) is 5.69 Å². The van der Waals surface area contributed by atoms with E-state index < -0.39 is 21.6 Å². The summed E-state index contributed by atoms with van der Waals surface area (Å²) >= 11 is 14.0. The second kappa shape index (κ2) is 5.93. The van der Waals surface area contributed by atoms with Gasteiger partial charge in [-0.05, 0) is 60.2 Å². The molecule has 1 atom stereocenters. The van der Waals surface area contributed by atoms with Crippen molar-refractivity contribution in [1.82, 2.24) is 0 Å². The maximum atomic E-state index is 11.8. The van der Waals surface area contributed by atoms with E-state index in [1.807, 2.05) is 25.1 Å². The minimum absolute atomic E-state index is 0.333. The van der Waals surface area contributed by atoms with Crippen molar-refractivity contribution < 1.29 is 14.3 Å². The number of hydrogen-bond donors (Lipinski definition) is 1. The molecule has 0 saturated heterocycles. The number of esters is 1. The average Bonchev–Trinajstić information content (AvgIpc) is 2.90. The largest absolute Gasteiger partial charge is 0.455 e. The number of rotatable bonds is 4. The van der Waals surface area contributed by atoms with E-state index in [2.05, 4.69) is 27.9 Å². The van der Waals surface area contributed by atoms with Crippen molar-refractivity contribution >= 4 is 63.4 Å². The number of halogens is 3. The van der Waals surface area contributed by atoms with Crippen LogP contribution in [0.1, 0.15) is 18.9 Å². The lowest BCUT2D eigenvalue weighted by Gasteiger charge is -2.12. The first-order chi connectivity index (χ1) is 9.65. The fraction of sp³-hybridized carbons (Fsp3) is 0.429. The number of amides is 1. The molecule has 1 aromatic carbocycles. The normalized spacial score (nSPS) is 22.5. The second-order valence-electron chi connectivity index (χ2n) is 5.30. The fourth-order valence-corrected chi connectivity index (χ4v) is 3.20. The van der Waals surface area contributed by atoms with Gasteiger partial charge in [0.1, 0.15) is 9.75 Å². The Morgan fingerprint density at radius 2 is 2.05 bits per heavy atom. The lowest BCUT2D eigenvalue weighted by atomic mass is 10.1. The maximum Gasteiger partial charge on any atom is 0.315 e. The topological polar surface area (TPSA) is 55.4 Å². The monoisotopic (exact) mass is 441 g/mol. The summed E-state index contributed by atoms with van der Waals surface area (Å²) < 4.78 is 4.97. The van der Waals surface area contributed by atoms with E-state index in [4.69, 9.17) is 27.9 Å². The van der Waals surface area contributed by atoms with Crippen molar-refractivity contribution in [1.29, 1.82) is 0 Å². The summed E-state index contributed by atoms with van der Waals surface area (Å²) in [5, 5.41) is 2.70. The summed E-state index contributed by atoms with van der Waals surface area (Å²) in [5.74, 6) is -0.950. The Morgan fingerprint density at radius 3 is 2.57 bits per heavy atom. The van der Waals surface area contributed by atoms with Crippen LogP contribution in [-0.4, -0.2) is 22.8 Å². The first-order valence-electron chi connectivity index (χ1n) is 6.27. The molecule has 1 aliphatic carbocycles. The van der Waals surface area contributed by atoms with Gasteiger partial charge in [0.25, 0.3) is 5.91 Å². The zero-order valence-electron chi connectivity index (χ0n) is 11.5. The summed E-state index contributed by atoms with van der Waals surface area (Å²) in [6.45, 7) is 3.16. The lowest BCUT2D eigenvalue weighted by Crippen LogP contribution is -2.27. The highest BCUT2D eigenvalue weighted by Gasteiger charge is 2.69. The van der Waals surface area contributed by atoms with Crippen molar-refractivity contribution in [3.05, 3.63) is 27.3 Å². The molecule has 2 rings (SSSR count). The quantitative estimate of drug-likeness (QED) is 0.440. The van der Waals surface area contributed by atoms with Gasteiger partial charge in [0, 0.05) is 15.7 Å². The van der Waals surface area contributed by atoms with Gasteiger partial charge in [-0.1, -0.05) is 0 Å². The van der Waals surface area contributed by atoms with Gasteiger partial charge in [-0.25, -0.2) is 0 Å². The van der Waals surface area contributed by atoms with Gasteiger partial charge in [0.2, 0.25) is 0 Å². The van der Waals surface area contributed by atoms with E-state index in [1.165, 1.54) is 0 Å². The summed E-state index contributed by atoms with van der Waals surface area (Å²) in [6, 6.07) is 5.64. The molecule has 4 nitrogen and oxygen atoms in total. The third-order valence-corrected chi connectivity index (χ3v) is 5.28. The summed E-state index contributed by atoms with van der Waals surface area (Å²) in [5.41, 5.74) is 0.712.